The first kappa shape index (κ1) is 24.8. The smallest absolute Gasteiger partial charge is 0.352 e. The number of nitrogens with zero attached hydrogens (tertiary/aromatic N) is 4. The third-order valence-electron chi connectivity index (χ3n) is 5.18. The van der Waals surface area contributed by atoms with Gasteiger partial charge in [-0.25, -0.2) is 14.3 Å². The summed E-state index contributed by atoms with van der Waals surface area (Å²) in [5, 5.41) is 25.6. The molecule has 0 aliphatic carbocycles. The van der Waals surface area contributed by atoms with Crippen molar-refractivity contribution in [2.45, 2.75) is 16.3 Å². The maximum atomic E-state index is 12.8. The number of thiazole rings is 1. The quantitative estimate of drug-likeness (QED) is 0.0961. The van der Waals surface area contributed by atoms with E-state index >= 15 is 0 Å². The molecular formula is C21H21N6O5S3+. The van der Waals surface area contributed by atoms with Crippen LogP contribution in [0.3, 0.4) is 0 Å². The number of fused-ring (bicyclic) bond motifs is 1. The van der Waals surface area contributed by atoms with E-state index in [-0.39, 0.29) is 22.2 Å². The van der Waals surface area contributed by atoms with Crippen molar-refractivity contribution in [1.29, 1.82) is 0 Å². The number of β-lactam (4-membered cyclic amide) rings is 1. The molecule has 14 heteroatoms. The number of aryl methyl sites for hydroxylation is 1. The lowest BCUT2D eigenvalue weighted by Crippen LogP contribution is -2.71. The Morgan fingerprint density at radius 2 is 2.17 bits per heavy atom. The first-order chi connectivity index (χ1) is 16.8. The van der Waals surface area contributed by atoms with Gasteiger partial charge in [0.25, 0.3) is 11.8 Å². The van der Waals surface area contributed by atoms with Gasteiger partial charge >= 0.3 is 5.97 Å². The van der Waals surface area contributed by atoms with E-state index in [1.165, 1.54) is 22.0 Å². The minimum absolute atomic E-state index is 0.0771. The zero-order valence-corrected chi connectivity index (χ0v) is 20.8. The number of allylic oxidation sites excluding steroid dienone is 1. The number of aliphatic carboxylic acids is 1. The summed E-state index contributed by atoms with van der Waals surface area (Å²) in [6, 6.07) is 3.02. The number of pyridine rings is 1. The van der Waals surface area contributed by atoms with Crippen LogP contribution in [-0.2, 0) is 21.4 Å². The molecule has 1 saturated heterocycles. The van der Waals surface area contributed by atoms with E-state index in [0.29, 0.717) is 17.1 Å². The summed E-state index contributed by atoms with van der Waals surface area (Å²) in [6.45, 7) is 0. The van der Waals surface area contributed by atoms with Gasteiger partial charge in [-0.2, -0.15) is 0 Å². The molecule has 5 N–H and O–H groups in total. The molecule has 2 atom stereocenters. The second-order valence-electron chi connectivity index (χ2n) is 7.47. The third kappa shape index (κ3) is 5.18. The summed E-state index contributed by atoms with van der Waals surface area (Å²) in [6.07, 6.45) is 7.48. The van der Waals surface area contributed by atoms with Crippen LogP contribution >= 0.6 is 34.9 Å². The third-order valence-corrected chi connectivity index (χ3v) is 8.12. The average Bonchev–Trinajstić information content (AvgIpc) is 3.26. The molecule has 4 heterocycles. The fourth-order valence-electron chi connectivity index (χ4n) is 3.51. The van der Waals surface area contributed by atoms with Crippen LogP contribution in [0.2, 0.25) is 0 Å². The number of carbonyl (C=O) groups is 3. The lowest BCUT2D eigenvalue weighted by atomic mass is 10.0. The summed E-state index contributed by atoms with van der Waals surface area (Å²) in [4.78, 5) is 43.6. The van der Waals surface area contributed by atoms with Crippen LogP contribution in [0.1, 0.15) is 5.69 Å². The Kier molecular flexibility index (Phi) is 7.42. The number of carbonyl (C=O) groups excluding carboxylic acids is 2. The van der Waals surface area contributed by atoms with Crippen LogP contribution in [-0.4, -0.2) is 66.6 Å². The van der Waals surface area contributed by atoms with Crippen LogP contribution < -0.4 is 15.6 Å². The molecule has 0 unspecified atom stereocenters. The number of thioether (sulfide) groups is 2. The van der Waals surface area contributed by atoms with Crippen molar-refractivity contribution < 1.29 is 29.3 Å². The van der Waals surface area contributed by atoms with Crippen LogP contribution in [0.4, 0.5) is 5.13 Å². The van der Waals surface area contributed by atoms with Gasteiger partial charge in [-0.1, -0.05) is 17.3 Å². The number of carboxylic acids is 1. The van der Waals surface area contributed by atoms with Gasteiger partial charge in [0.05, 0.1) is 0 Å². The zero-order chi connectivity index (χ0) is 25.1. The molecular weight excluding hydrogens is 512 g/mol. The fraction of sp³-hybridized carbons (Fsp3) is 0.238. The lowest BCUT2D eigenvalue weighted by Gasteiger charge is -2.49. The van der Waals surface area contributed by atoms with Crippen LogP contribution in [0.15, 0.2) is 63.4 Å². The van der Waals surface area contributed by atoms with E-state index in [1.54, 1.807) is 17.8 Å². The maximum absolute atomic E-state index is 12.8. The number of carboxylic acid groups (broad SMARTS) is 1. The van der Waals surface area contributed by atoms with E-state index in [0.717, 1.165) is 16.2 Å². The first-order valence-corrected chi connectivity index (χ1v) is 13.1. The van der Waals surface area contributed by atoms with E-state index in [9.17, 15) is 24.7 Å². The predicted molar refractivity (Wildman–Crippen MR) is 132 cm³/mol. The topological polar surface area (TPSA) is 162 Å². The summed E-state index contributed by atoms with van der Waals surface area (Å²) >= 11 is 4.02. The van der Waals surface area contributed by atoms with Crippen molar-refractivity contribution >= 4 is 63.5 Å². The number of hydrogen-bond acceptors (Lipinski definition) is 10. The number of nitrogen functional groups attached to an aromatic ring is 1. The van der Waals surface area contributed by atoms with Crippen LogP contribution in [0, 0.1) is 0 Å². The standard InChI is InChI=1S/C21H20N6O5S3/c1-26-6-4-12(5-7-26)33-8-2-3-11-9-34-19-15(18(29)27(19)16(11)20(30)31)24-17(28)14(25-32)13-10-35-21(22)23-13/h2-7,10,15,19H,8-9H2,1H3,(H4-,22,23,24,28,30,31,32)/p+1/b3-2+/t15-,19-/m1/s1. The molecule has 0 radical (unpaired) electrons. The minimum Gasteiger partial charge on any atom is -0.477 e. The van der Waals surface area contributed by atoms with Crippen LogP contribution in [0.25, 0.3) is 0 Å². The summed E-state index contributed by atoms with van der Waals surface area (Å²) in [7, 11) is 1.94. The average molecular weight is 534 g/mol. The highest BCUT2D eigenvalue weighted by atomic mass is 32.2. The molecule has 2 amide bonds. The first-order valence-electron chi connectivity index (χ1n) is 10.2. The highest BCUT2D eigenvalue weighted by molar-refractivity contribution is 8.00. The van der Waals surface area contributed by atoms with Gasteiger partial charge in [0, 0.05) is 33.9 Å². The van der Waals surface area contributed by atoms with E-state index in [4.69, 9.17) is 5.73 Å². The number of oxime groups is 1. The summed E-state index contributed by atoms with van der Waals surface area (Å²) < 4.78 is 1.94. The van der Waals surface area contributed by atoms with Gasteiger partial charge in [0.1, 0.15) is 29.9 Å². The molecule has 35 heavy (non-hydrogen) atoms. The van der Waals surface area contributed by atoms with Crippen molar-refractivity contribution in [3.8, 4) is 0 Å². The van der Waals surface area contributed by atoms with Gasteiger partial charge in [-0.3, -0.25) is 14.5 Å². The molecule has 2 aromatic rings. The molecule has 2 aliphatic heterocycles. The Labute approximate surface area is 212 Å². The van der Waals surface area contributed by atoms with E-state index in [2.05, 4.69) is 15.5 Å². The molecule has 182 valence electrons. The molecule has 2 aromatic heterocycles. The number of anilines is 1. The Morgan fingerprint density at radius 3 is 2.80 bits per heavy atom. The largest absolute Gasteiger partial charge is 0.477 e. The molecule has 0 spiro atoms. The van der Waals surface area contributed by atoms with E-state index in [1.807, 2.05) is 42.2 Å². The maximum Gasteiger partial charge on any atom is 0.352 e. The summed E-state index contributed by atoms with van der Waals surface area (Å²) in [5.41, 5.74) is 5.68. The molecule has 0 saturated carbocycles. The van der Waals surface area contributed by atoms with Gasteiger partial charge in [0.2, 0.25) is 0 Å². The van der Waals surface area contributed by atoms with Gasteiger partial charge in [-0.15, -0.1) is 34.9 Å². The zero-order valence-electron chi connectivity index (χ0n) is 18.3. The lowest BCUT2D eigenvalue weighted by molar-refractivity contribution is -0.671. The summed E-state index contributed by atoms with van der Waals surface area (Å²) in [5.74, 6) is -1.59. The van der Waals surface area contributed by atoms with Crippen LogP contribution in [0.5, 0.6) is 0 Å². The second-order valence-corrected chi connectivity index (χ2v) is 10.6. The molecule has 1 fully saturated rings. The second kappa shape index (κ2) is 10.5. The molecule has 11 nitrogen and oxygen atoms in total. The monoisotopic (exact) mass is 533 g/mol. The predicted octanol–water partition coefficient (Wildman–Crippen LogP) is 0.815. The number of nitrogens with one attached hydrogen (secondary N) is 1. The van der Waals surface area contributed by atoms with Crippen molar-refractivity contribution in [3.63, 3.8) is 0 Å². The van der Waals surface area contributed by atoms with E-state index < -0.39 is 29.2 Å². The Balaban J connectivity index is 1.43. The highest BCUT2D eigenvalue weighted by Crippen LogP contribution is 2.40. The van der Waals surface area contributed by atoms with Crippen molar-refractivity contribution in [2.24, 2.45) is 12.2 Å². The number of amides is 2. The normalized spacial score (nSPS) is 20.1. The Bertz CT molecular complexity index is 1260. The number of nitrogens with two attached hydrogens (primary N) is 1. The Morgan fingerprint density at radius 1 is 1.43 bits per heavy atom. The fourth-order valence-corrected chi connectivity index (χ4v) is 6.07. The molecule has 0 aromatic carbocycles. The van der Waals surface area contributed by atoms with Gasteiger partial charge < -0.3 is 21.4 Å². The number of aromatic nitrogens is 2. The Hall–Kier alpha value is -3.36. The van der Waals surface area contributed by atoms with Gasteiger partial charge in [-0.05, 0) is 5.57 Å². The van der Waals surface area contributed by atoms with Gasteiger partial charge in [0.15, 0.2) is 23.2 Å². The SMILES string of the molecule is C[n+]1ccc(SC/C=C/C2=C(C(=O)O)N3C(=O)[C@@H](NC(=O)/C(=N\O)c4csc(N)n4)[C@H]3SC2)cc1. The van der Waals surface area contributed by atoms with Crippen molar-refractivity contribution in [3.05, 3.63) is 59.0 Å². The van der Waals surface area contributed by atoms with Crippen molar-refractivity contribution in [1.82, 2.24) is 15.2 Å². The minimum atomic E-state index is -1.22. The number of rotatable bonds is 8. The molecule has 0 bridgehead atoms. The molecule has 4 rings (SSSR count). The highest BCUT2D eigenvalue weighted by Gasteiger charge is 2.54. The molecule has 2 aliphatic rings. The van der Waals surface area contributed by atoms with Crippen molar-refractivity contribution in [2.75, 3.05) is 17.2 Å². The number of hydrogen-bond donors (Lipinski definition) is 4.